The zero-order valence-electron chi connectivity index (χ0n) is 13.0. The van der Waals surface area contributed by atoms with Crippen LogP contribution in [0.25, 0.3) is 10.1 Å². The Morgan fingerprint density at radius 1 is 1.30 bits per heavy atom. The van der Waals surface area contributed by atoms with Gasteiger partial charge < -0.3 is 5.32 Å². The number of nitrogens with one attached hydrogen (secondary N) is 1. The number of hydrogen-bond acceptors (Lipinski definition) is 3. The first-order valence-corrected chi connectivity index (χ1v) is 8.71. The fourth-order valence-corrected chi connectivity index (χ4v) is 3.96. The number of aromatic nitrogens is 1. The fourth-order valence-electron chi connectivity index (χ4n) is 2.47. The molecule has 0 aliphatic rings. The summed E-state index contributed by atoms with van der Waals surface area (Å²) in [7, 11) is 0. The third kappa shape index (κ3) is 3.23. The number of nitrogens with zero attached hydrogens (tertiary/aromatic N) is 1. The third-order valence-corrected chi connectivity index (χ3v) is 5.52. The summed E-state index contributed by atoms with van der Waals surface area (Å²) in [6, 6.07) is 9.85. The lowest BCUT2D eigenvalue weighted by Crippen LogP contribution is -2.26. The summed E-state index contributed by atoms with van der Waals surface area (Å²) in [4.78, 5) is 17.1. The van der Waals surface area contributed by atoms with Crippen molar-refractivity contribution in [2.75, 3.05) is 0 Å². The van der Waals surface area contributed by atoms with Crippen molar-refractivity contribution in [3.63, 3.8) is 0 Å². The van der Waals surface area contributed by atoms with Gasteiger partial charge in [0.1, 0.15) is 4.88 Å². The first kappa shape index (κ1) is 16.0. The van der Waals surface area contributed by atoms with E-state index in [-0.39, 0.29) is 11.9 Å². The quantitative estimate of drug-likeness (QED) is 0.723. The van der Waals surface area contributed by atoms with Gasteiger partial charge in [-0.05, 0) is 42.7 Å². The molecular weight excluding hydrogens is 328 g/mol. The molecule has 118 valence electrons. The number of halogens is 1. The summed E-state index contributed by atoms with van der Waals surface area (Å²) in [5.41, 5.74) is 2.26. The average Bonchev–Trinajstić information content (AvgIpc) is 2.92. The number of benzene rings is 1. The van der Waals surface area contributed by atoms with Crippen LogP contribution >= 0.6 is 22.9 Å². The molecular formula is C18H17ClN2OS. The molecule has 0 radical (unpaired) electrons. The Bertz CT molecular complexity index is 845. The van der Waals surface area contributed by atoms with Crippen LogP contribution < -0.4 is 5.32 Å². The molecule has 0 aliphatic heterocycles. The summed E-state index contributed by atoms with van der Waals surface area (Å²) in [6.45, 7) is 4.06. The summed E-state index contributed by atoms with van der Waals surface area (Å²) in [5.74, 6) is -0.140. The van der Waals surface area contributed by atoms with Gasteiger partial charge in [-0.3, -0.25) is 9.78 Å². The summed E-state index contributed by atoms with van der Waals surface area (Å²) in [6.07, 6.45) is 4.40. The third-order valence-electron chi connectivity index (χ3n) is 3.86. The Morgan fingerprint density at radius 2 is 2.04 bits per heavy atom. The van der Waals surface area contributed by atoms with Gasteiger partial charge in [-0.2, -0.15) is 0 Å². The first-order valence-electron chi connectivity index (χ1n) is 7.52. The summed E-state index contributed by atoms with van der Waals surface area (Å²) < 4.78 is 1.05. The Balaban J connectivity index is 1.87. The number of pyridine rings is 1. The predicted molar refractivity (Wildman–Crippen MR) is 96.3 cm³/mol. The topological polar surface area (TPSA) is 42.0 Å². The molecule has 1 N–H and O–H groups in total. The second-order valence-electron chi connectivity index (χ2n) is 5.40. The Kier molecular flexibility index (Phi) is 4.64. The maximum absolute atomic E-state index is 12.6. The van der Waals surface area contributed by atoms with Gasteiger partial charge in [0.2, 0.25) is 0 Å². The summed E-state index contributed by atoms with van der Waals surface area (Å²) >= 11 is 7.86. The van der Waals surface area contributed by atoms with E-state index in [4.69, 9.17) is 11.6 Å². The van der Waals surface area contributed by atoms with Crippen molar-refractivity contribution in [3.05, 3.63) is 63.8 Å². The minimum Gasteiger partial charge on any atom is -0.345 e. The van der Waals surface area contributed by atoms with E-state index in [0.29, 0.717) is 9.90 Å². The Morgan fingerprint density at radius 3 is 2.74 bits per heavy atom. The number of hydrogen-bond donors (Lipinski definition) is 1. The van der Waals surface area contributed by atoms with Crippen LogP contribution in [0.15, 0.2) is 42.7 Å². The molecule has 1 aromatic carbocycles. The van der Waals surface area contributed by atoms with Crippen molar-refractivity contribution in [3.8, 4) is 0 Å². The second-order valence-corrected chi connectivity index (χ2v) is 6.84. The molecule has 0 saturated heterocycles. The molecule has 3 rings (SSSR count). The van der Waals surface area contributed by atoms with Crippen LogP contribution in [0.5, 0.6) is 0 Å². The van der Waals surface area contributed by atoms with Crippen LogP contribution in [0.4, 0.5) is 0 Å². The number of carbonyl (C=O) groups excluding carboxylic acids is 1. The number of fused-ring (bicyclic) bond motifs is 1. The molecule has 2 heterocycles. The van der Waals surface area contributed by atoms with E-state index >= 15 is 0 Å². The molecule has 1 amide bonds. The second kappa shape index (κ2) is 6.69. The fraction of sp³-hybridized carbons (Fsp3) is 0.222. The summed E-state index contributed by atoms with van der Waals surface area (Å²) in [5, 5.41) is 4.48. The number of thiophene rings is 1. The van der Waals surface area contributed by atoms with Gasteiger partial charge in [0, 0.05) is 22.5 Å². The van der Waals surface area contributed by atoms with E-state index in [2.05, 4.69) is 29.4 Å². The number of carbonyl (C=O) groups is 1. The number of rotatable bonds is 4. The highest BCUT2D eigenvalue weighted by atomic mass is 35.5. The molecule has 1 atom stereocenters. The largest absolute Gasteiger partial charge is 0.345 e. The maximum Gasteiger partial charge on any atom is 0.263 e. The molecule has 0 saturated carbocycles. The standard InChI is InChI=1S/C18H17ClN2OS/c1-3-12-4-5-14-15(10-12)23-17(16(14)19)18(22)21-11(2)13-6-8-20-9-7-13/h4-11H,3H2,1-2H3,(H,21,22). The van der Waals surface area contributed by atoms with E-state index in [9.17, 15) is 4.79 Å². The van der Waals surface area contributed by atoms with Crippen LogP contribution in [-0.2, 0) is 6.42 Å². The van der Waals surface area contributed by atoms with E-state index in [0.717, 1.165) is 22.1 Å². The van der Waals surface area contributed by atoms with E-state index < -0.39 is 0 Å². The monoisotopic (exact) mass is 344 g/mol. The van der Waals surface area contributed by atoms with E-state index in [1.54, 1.807) is 12.4 Å². The van der Waals surface area contributed by atoms with Crippen LogP contribution in [-0.4, -0.2) is 10.9 Å². The van der Waals surface area contributed by atoms with Gasteiger partial charge in [0.05, 0.1) is 11.1 Å². The van der Waals surface area contributed by atoms with Gasteiger partial charge in [0.15, 0.2) is 0 Å². The molecule has 1 unspecified atom stereocenters. The van der Waals surface area contributed by atoms with Crippen molar-refractivity contribution in [1.29, 1.82) is 0 Å². The molecule has 0 spiro atoms. The van der Waals surface area contributed by atoms with Gasteiger partial charge in [-0.15, -0.1) is 11.3 Å². The SMILES string of the molecule is CCc1ccc2c(Cl)c(C(=O)NC(C)c3ccncc3)sc2c1. The molecule has 23 heavy (non-hydrogen) atoms. The van der Waals surface area contributed by atoms with Crippen molar-refractivity contribution >= 4 is 38.9 Å². The average molecular weight is 345 g/mol. The normalized spacial score (nSPS) is 12.3. The van der Waals surface area contributed by atoms with Crippen LogP contribution in [0.1, 0.15) is 40.7 Å². The molecule has 5 heteroatoms. The van der Waals surface area contributed by atoms with Crippen LogP contribution in [0.2, 0.25) is 5.02 Å². The van der Waals surface area contributed by atoms with Crippen molar-refractivity contribution in [2.45, 2.75) is 26.3 Å². The first-order chi connectivity index (χ1) is 11.1. The predicted octanol–water partition coefficient (Wildman–Crippen LogP) is 5.00. The van der Waals surface area contributed by atoms with Crippen molar-refractivity contribution in [1.82, 2.24) is 10.3 Å². The highest BCUT2D eigenvalue weighted by Gasteiger charge is 2.19. The Labute approximate surface area is 144 Å². The molecule has 2 aromatic heterocycles. The van der Waals surface area contributed by atoms with Crippen molar-refractivity contribution in [2.24, 2.45) is 0 Å². The van der Waals surface area contributed by atoms with Crippen molar-refractivity contribution < 1.29 is 4.79 Å². The minimum atomic E-state index is -0.140. The van der Waals surface area contributed by atoms with Gasteiger partial charge in [0.25, 0.3) is 5.91 Å². The van der Waals surface area contributed by atoms with Gasteiger partial charge >= 0.3 is 0 Å². The lowest BCUT2D eigenvalue weighted by molar-refractivity contribution is 0.0944. The van der Waals surface area contributed by atoms with E-state index in [1.165, 1.54) is 16.9 Å². The van der Waals surface area contributed by atoms with Crippen LogP contribution in [0, 0.1) is 0 Å². The number of aryl methyl sites for hydroxylation is 1. The van der Waals surface area contributed by atoms with Gasteiger partial charge in [-0.25, -0.2) is 0 Å². The molecule has 0 aliphatic carbocycles. The molecule has 3 nitrogen and oxygen atoms in total. The number of amides is 1. The highest BCUT2D eigenvalue weighted by Crippen LogP contribution is 2.36. The molecule has 3 aromatic rings. The molecule has 0 fully saturated rings. The highest BCUT2D eigenvalue weighted by molar-refractivity contribution is 7.21. The maximum atomic E-state index is 12.6. The van der Waals surface area contributed by atoms with Gasteiger partial charge in [-0.1, -0.05) is 30.7 Å². The minimum absolute atomic E-state index is 0.0991. The van der Waals surface area contributed by atoms with Crippen LogP contribution in [0.3, 0.4) is 0 Å². The smallest absolute Gasteiger partial charge is 0.263 e. The van der Waals surface area contributed by atoms with E-state index in [1.807, 2.05) is 25.1 Å². The lowest BCUT2D eigenvalue weighted by atomic mass is 10.1. The Hall–Kier alpha value is -1.91. The molecule has 0 bridgehead atoms. The zero-order valence-corrected chi connectivity index (χ0v) is 14.5. The zero-order chi connectivity index (χ0) is 16.4. The lowest BCUT2D eigenvalue weighted by Gasteiger charge is -2.13.